The highest BCUT2D eigenvalue weighted by molar-refractivity contribution is 7.09. The van der Waals surface area contributed by atoms with E-state index in [9.17, 15) is 24.0 Å². The zero-order valence-corrected chi connectivity index (χ0v) is 44.0. The molecule has 1 saturated heterocycles. The van der Waals surface area contributed by atoms with Crippen LogP contribution < -0.4 is 16.4 Å². The van der Waals surface area contributed by atoms with Crippen LogP contribution in [-0.4, -0.2) is 135 Å². The number of aromatic nitrogens is 1. The zero-order chi connectivity index (χ0) is 50.0. The second-order valence-electron chi connectivity index (χ2n) is 17.7. The minimum absolute atomic E-state index is 0.0432. The number of aldehydes is 1. The molecular weight excluding hydrogens is 855 g/mol. The van der Waals surface area contributed by atoms with Crippen LogP contribution in [0.3, 0.4) is 0 Å². The summed E-state index contributed by atoms with van der Waals surface area (Å²) in [6.45, 7) is 18.2. The number of likely N-dealkylation sites (N-methyl/N-ethyl adjacent to an activating group) is 3. The summed E-state index contributed by atoms with van der Waals surface area (Å²) >= 11 is 1.49. The molecule has 0 aliphatic carbocycles. The normalized spacial score (nSPS) is 15.8. The number of unbranched alkanes of at least 4 members (excludes halogenated alkanes) is 5. The van der Waals surface area contributed by atoms with Gasteiger partial charge in [0.1, 0.15) is 11.3 Å². The summed E-state index contributed by atoms with van der Waals surface area (Å²) in [5.41, 5.74) is 6.75. The van der Waals surface area contributed by atoms with Gasteiger partial charge in [-0.25, -0.2) is 4.98 Å². The van der Waals surface area contributed by atoms with Crippen LogP contribution in [0, 0.1) is 24.7 Å². The van der Waals surface area contributed by atoms with Crippen molar-refractivity contribution in [2.45, 2.75) is 169 Å². The third kappa shape index (κ3) is 23.8. The molecular formula is C51H91N7O7S. The van der Waals surface area contributed by atoms with Gasteiger partial charge in [0.05, 0.1) is 55.8 Å². The Morgan fingerprint density at radius 2 is 1.56 bits per heavy atom. The molecule has 1 aliphatic heterocycles. The summed E-state index contributed by atoms with van der Waals surface area (Å²) in [5.74, 6) is -0.271. The van der Waals surface area contributed by atoms with Gasteiger partial charge in [-0.3, -0.25) is 19.2 Å². The van der Waals surface area contributed by atoms with Crippen LogP contribution in [0.15, 0.2) is 41.9 Å². The van der Waals surface area contributed by atoms with Crippen LogP contribution in [0.1, 0.15) is 136 Å². The fourth-order valence-corrected chi connectivity index (χ4v) is 8.52. The van der Waals surface area contributed by atoms with E-state index in [1.165, 1.54) is 36.2 Å². The first kappa shape index (κ1) is 62.2. The molecule has 4 amide bonds. The Hall–Kier alpha value is -3.76. The largest absolute Gasteiger partial charge is 0.379 e. The van der Waals surface area contributed by atoms with Crippen molar-refractivity contribution < 1.29 is 33.4 Å². The third-order valence-electron chi connectivity index (χ3n) is 12.0. The van der Waals surface area contributed by atoms with E-state index in [4.69, 9.17) is 15.2 Å². The zero-order valence-electron chi connectivity index (χ0n) is 43.2. The number of benzene rings is 1. The molecule has 1 fully saturated rings. The Bertz CT molecular complexity index is 1570. The molecule has 0 spiro atoms. The van der Waals surface area contributed by atoms with Crippen LogP contribution in [0.2, 0.25) is 0 Å². The molecule has 2 heterocycles. The molecule has 1 aliphatic rings. The van der Waals surface area contributed by atoms with Crippen LogP contribution in [0.5, 0.6) is 0 Å². The SMILES string of the molecule is CC(C)C(C=O)N(C)C(=O)CCCCCCCCN.CCC.CCC(C)C(C(CC(=O)N1CCCC1C(OC)C(C)C(=O)NCc1nccs1)OC)N(C)C(=O)CNC.Cc1ccccc1. The summed E-state index contributed by atoms with van der Waals surface area (Å²) in [4.78, 5) is 71.4. The minimum atomic E-state index is -0.450. The van der Waals surface area contributed by atoms with Crippen molar-refractivity contribution in [2.75, 3.05) is 55.0 Å². The van der Waals surface area contributed by atoms with Crippen molar-refractivity contribution in [3.05, 3.63) is 52.5 Å². The monoisotopic (exact) mass is 946 g/mol. The standard InChI is InChI=1S/C26H45N5O5S.C15H30N2O2.C7H8.C3H8/c1-8-17(2)24(30(5)23(33)16-27-4)20(35-6)14-22(32)31-12-9-10-19(31)25(36-7)18(3)26(34)29-15-21-28-11-13-37-21;1-13(2)14(12-18)17(3)15(19)10-8-6-4-5-7-9-11-16;1-7-5-3-2-4-6-7;1-3-2/h11,13,17-20,24-25,27H,8-10,12,14-16H2,1-7H3,(H,29,34);12-14H,4-11,16H2,1-3H3;2-6H,1H3;3H2,1-2H3. The summed E-state index contributed by atoms with van der Waals surface area (Å²) in [6.07, 6.45) is 12.7. The molecule has 378 valence electrons. The lowest BCUT2D eigenvalue weighted by molar-refractivity contribution is -0.145. The topological polar surface area (TPSA) is 176 Å². The van der Waals surface area contributed by atoms with Crippen molar-refractivity contribution >= 4 is 41.3 Å². The van der Waals surface area contributed by atoms with Crippen molar-refractivity contribution in [2.24, 2.45) is 23.5 Å². The fourth-order valence-electron chi connectivity index (χ4n) is 7.97. The number of nitrogens with one attached hydrogen (secondary N) is 2. The highest BCUT2D eigenvalue weighted by Crippen LogP contribution is 2.29. The molecule has 14 nitrogen and oxygen atoms in total. The Balaban J connectivity index is 0.00000120. The van der Waals surface area contributed by atoms with Gasteiger partial charge in [-0.1, -0.05) is 123 Å². The van der Waals surface area contributed by atoms with Crippen LogP contribution in [0.4, 0.5) is 0 Å². The van der Waals surface area contributed by atoms with Gasteiger partial charge in [-0.05, 0) is 58.0 Å². The number of hydrogen-bond acceptors (Lipinski definition) is 11. The average molecular weight is 946 g/mol. The number of carbonyl (C=O) groups excluding carboxylic acids is 5. The van der Waals surface area contributed by atoms with Gasteiger partial charge in [0, 0.05) is 52.9 Å². The second-order valence-corrected chi connectivity index (χ2v) is 18.7. The number of hydrogen-bond donors (Lipinski definition) is 3. The van der Waals surface area contributed by atoms with Gasteiger partial charge in [-0.2, -0.15) is 0 Å². The van der Waals surface area contributed by atoms with Crippen LogP contribution in [-0.2, 0) is 40.0 Å². The minimum Gasteiger partial charge on any atom is -0.379 e. The number of likely N-dealkylation sites (tertiary alicyclic amines) is 1. The van der Waals surface area contributed by atoms with Crippen molar-refractivity contribution in [3.63, 3.8) is 0 Å². The molecule has 1 aromatic heterocycles. The van der Waals surface area contributed by atoms with Gasteiger partial charge in [0.25, 0.3) is 0 Å². The number of amides is 4. The summed E-state index contributed by atoms with van der Waals surface area (Å²) in [6, 6.07) is 9.52. The van der Waals surface area contributed by atoms with Gasteiger partial charge in [-0.15, -0.1) is 11.3 Å². The van der Waals surface area contributed by atoms with Crippen molar-refractivity contribution in [1.82, 2.24) is 30.3 Å². The predicted octanol–water partition coefficient (Wildman–Crippen LogP) is 7.67. The number of nitrogens with two attached hydrogens (primary N) is 1. The highest BCUT2D eigenvalue weighted by atomic mass is 32.1. The Morgan fingerprint density at radius 3 is 2.05 bits per heavy atom. The van der Waals surface area contributed by atoms with E-state index in [1.807, 2.05) is 49.3 Å². The lowest BCUT2D eigenvalue weighted by atomic mass is 9.90. The van der Waals surface area contributed by atoms with E-state index >= 15 is 0 Å². The number of carbonyl (C=O) groups is 5. The lowest BCUT2D eigenvalue weighted by Crippen LogP contribution is -2.54. The summed E-state index contributed by atoms with van der Waals surface area (Å²) in [5, 5.41) is 8.56. The first-order valence-corrected chi connectivity index (χ1v) is 25.3. The van der Waals surface area contributed by atoms with E-state index in [2.05, 4.69) is 62.4 Å². The van der Waals surface area contributed by atoms with E-state index in [0.717, 1.165) is 62.8 Å². The maximum atomic E-state index is 13.6. The maximum Gasteiger partial charge on any atom is 0.236 e. The summed E-state index contributed by atoms with van der Waals surface area (Å²) in [7, 11) is 8.43. The van der Waals surface area contributed by atoms with Gasteiger partial charge in [0.15, 0.2) is 0 Å². The first-order chi connectivity index (χ1) is 31.5. The maximum absolute atomic E-state index is 13.6. The third-order valence-corrected chi connectivity index (χ3v) is 12.8. The lowest BCUT2D eigenvalue weighted by Gasteiger charge is -2.39. The van der Waals surface area contributed by atoms with E-state index in [0.29, 0.717) is 19.5 Å². The quantitative estimate of drug-likeness (QED) is 0.0627. The molecule has 0 radical (unpaired) electrons. The molecule has 3 rings (SSSR count). The molecule has 4 N–H and O–H groups in total. The molecule has 7 unspecified atom stereocenters. The van der Waals surface area contributed by atoms with Crippen LogP contribution >= 0.6 is 11.3 Å². The molecule has 7 atom stereocenters. The smallest absolute Gasteiger partial charge is 0.236 e. The number of methoxy groups -OCH3 is 2. The molecule has 0 bridgehead atoms. The second kappa shape index (κ2) is 37.2. The molecule has 2 aromatic rings. The van der Waals surface area contributed by atoms with Crippen molar-refractivity contribution in [3.8, 4) is 0 Å². The molecule has 66 heavy (non-hydrogen) atoms. The van der Waals surface area contributed by atoms with Gasteiger partial charge in [0.2, 0.25) is 23.6 Å². The number of ether oxygens (including phenoxy) is 2. The Kier molecular flexibility index (Phi) is 35.1. The predicted molar refractivity (Wildman–Crippen MR) is 270 cm³/mol. The fraction of sp³-hybridized carbons (Fsp3) is 0.725. The van der Waals surface area contributed by atoms with Crippen molar-refractivity contribution in [1.29, 1.82) is 0 Å². The number of rotatable bonds is 26. The Labute approximate surface area is 403 Å². The highest BCUT2D eigenvalue weighted by Gasteiger charge is 2.42. The van der Waals surface area contributed by atoms with Gasteiger partial charge < -0.3 is 45.3 Å². The number of thiazole rings is 1. The first-order valence-electron chi connectivity index (χ1n) is 24.4. The Morgan fingerprint density at radius 1 is 0.939 bits per heavy atom. The van der Waals surface area contributed by atoms with E-state index in [-0.39, 0.29) is 66.6 Å². The van der Waals surface area contributed by atoms with Gasteiger partial charge >= 0.3 is 0 Å². The van der Waals surface area contributed by atoms with E-state index < -0.39 is 18.1 Å². The number of aryl methyl sites for hydroxylation is 1. The summed E-state index contributed by atoms with van der Waals surface area (Å²) < 4.78 is 11.6. The molecule has 0 saturated carbocycles. The average Bonchev–Trinajstić information content (AvgIpc) is 4.02. The molecule has 1 aromatic carbocycles. The number of nitrogens with zero attached hydrogens (tertiary/aromatic N) is 4. The van der Waals surface area contributed by atoms with E-state index in [1.54, 1.807) is 51.4 Å². The molecule has 15 heteroatoms. The van der Waals surface area contributed by atoms with Crippen LogP contribution in [0.25, 0.3) is 0 Å².